The molecule has 0 radical (unpaired) electrons. The molecule has 0 heterocycles. The number of carbonyl (C=O) groups excluding carboxylic acids is 1. The van der Waals surface area contributed by atoms with Gasteiger partial charge in [-0.05, 0) is 62.5 Å². The van der Waals surface area contributed by atoms with Gasteiger partial charge in [0.15, 0.2) is 0 Å². The number of rotatable bonds is 8. The number of hydrogen-bond donors (Lipinski definition) is 1. The van der Waals surface area contributed by atoms with Crippen molar-refractivity contribution in [3.63, 3.8) is 0 Å². The van der Waals surface area contributed by atoms with Gasteiger partial charge in [-0.3, -0.25) is 4.79 Å². The van der Waals surface area contributed by atoms with Crippen molar-refractivity contribution in [2.75, 3.05) is 27.2 Å². The van der Waals surface area contributed by atoms with Crippen LogP contribution in [-0.2, 0) is 11.3 Å². The molecule has 0 saturated carbocycles. The van der Waals surface area contributed by atoms with E-state index in [1.54, 1.807) is 19.0 Å². The Labute approximate surface area is 143 Å². The first-order valence-electron chi connectivity index (χ1n) is 6.97. The Morgan fingerprint density at radius 1 is 1.29 bits per heavy atom. The van der Waals surface area contributed by atoms with E-state index in [1.807, 2.05) is 12.1 Å². The molecule has 0 unspecified atom stereocenters. The summed E-state index contributed by atoms with van der Waals surface area (Å²) in [4.78, 5) is 13.1. The first-order chi connectivity index (χ1) is 9.95. The summed E-state index contributed by atoms with van der Waals surface area (Å²) in [5.74, 6) is 0.908. The van der Waals surface area contributed by atoms with Gasteiger partial charge >= 0.3 is 0 Å². The Balaban J connectivity index is 2.53. The largest absolute Gasteiger partial charge is 0.491 e. The van der Waals surface area contributed by atoms with Gasteiger partial charge < -0.3 is 15.0 Å². The van der Waals surface area contributed by atoms with Crippen molar-refractivity contribution in [3.8, 4) is 5.75 Å². The second-order valence-electron chi connectivity index (χ2n) is 4.91. The maximum absolute atomic E-state index is 11.5. The highest BCUT2D eigenvalue weighted by Gasteiger charge is 2.10. The summed E-state index contributed by atoms with van der Waals surface area (Å²) < 4.78 is 7.61. The third-order valence-corrected chi connectivity index (χ3v) is 4.10. The maximum atomic E-state index is 11.5. The normalized spacial score (nSPS) is 10.5. The molecule has 6 heteroatoms. The molecule has 0 bridgehead atoms. The number of carbonyl (C=O) groups is 1. The van der Waals surface area contributed by atoms with Crippen LogP contribution in [0, 0.1) is 0 Å². The fraction of sp³-hybridized carbons (Fsp3) is 0.533. The molecule has 1 amide bonds. The minimum atomic E-state index is 0.123. The fourth-order valence-electron chi connectivity index (χ4n) is 1.74. The van der Waals surface area contributed by atoms with Gasteiger partial charge in [0.05, 0.1) is 15.6 Å². The molecule has 1 aromatic carbocycles. The molecule has 0 aliphatic carbocycles. The molecular formula is C15H22Br2N2O2. The third kappa shape index (κ3) is 6.36. The summed E-state index contributed by atoms with van der Waals surface area (Å²) in [7, 11) is 3.53. The second kappa shape index (κ2) is 9.43. The molecule has 1 N–H and O–H groups in total. The number of ether oxygens (including phenoxy) is 1. The molecule has 21 heavy (non-hydrogen) atoms. The summed E-state index contributed by atoms with van der Waals surface area (Å²) >= 11 is 7.07. The topological polar surface area (TPSA) is 41.6 Å². The van der Waals surface area contributed by atoms with Crippen LogP contribution in [0.2, 0.25) is 0 Å². The van der Waals surface area contributed by atoms with Crippen LogP contribution < -0.4 is 10.1 Å². The molecule has 1 rings (SSSR count). The summed E-state index contributed by atoms with van der Waals surface area (Å²) in [6.45, 7) is 4.36. The predicted molar refractivity (Wildman–Crippen MR) is 92.6 cm³/mol. The van der Waals surface area contributed by atoms with Gasteiger partial charge in [-0.15, -0.1) is 0 Å². The van der Waals surface area contributed by atoms with Crippen molar-refractivity contribution in [2.45, 2.75) is 26.3 Å². The van der Waals surface area contributed by atoms with E-state index in [9.17, 15) is 4.79 Å². The van der Waals surface area contributed by atoms with Gasteiger partial charge in [0.2, 0.25) is 5.91 Å². The van der Waals surface area contributed by atoms with Crippen LogP contribution in [0.4, 0.5) is 0 Å². The van der Waals surface area contributed by atoms with Crippen molar-refractivity contribution < 1.29 is 9.53 Å². The number of benzene rings is 1. The average Bonchev–Trinajstić information content (AvgIpc) is 2.43. The molecule has 0 fully saturated rings. The minimum Gasteiger partial charge on any atom is -0.491 e. The van der Waals surface area contributed by atoms with Gasteiger partial charge in [-0.2, -0.15) is 0 Å². The zero-order chi connectivity index (χ0) is 15.8. The standard InChI is InChI=1S/C15H22Br2N2O2/c1-4-18-10-11-8-12(16)15(13(17)9-11)21-7-5-6-14(20)19(2)3/h8-9,18H,4-7,10H2,1-3H3. The maximum Gasteiger partial charge on any atom is 0.222 e. The lowest BCUT2D eigenvalue weighted by atomic mass is 10.2. The Morgan fingerprint density at radius 2 is 1.90 bits per heavy atom. The quantitative estimate of drug-likeness (QED) is 0.652. The van der Waals surface area contributed by atoms with Crippen LogP contribution >= 0.6 is 31.9 Å². The highest BCUT2D eigenvalue weighted by molar-refractivity contribution is 9.11. The second-order valence-corrected chi connectivity index (χ2v) is 6.62. The lowest BCUT2D eigenvalue weighted by Crippen LogP contribution is -2.21. The summed E-state index contributed by atoms with van der Waals surface area (Å²) in [5, 5.41) is 3.29. The highest BCUT2D eigenvalue weighted by Crippen LogP contribution is 2.34. The lowest BCUT2D eigenvalue weighted by Gasteiger charge is -2.13. The number of halogens is 2. The van der Waals surface area contributed by atoms with Crippen LogP contribution in [-0.4, -0.2) is 38.1 Å². The molecule has 0 atom stereocenters. The zero-order valence-electron chi connectivity index (χ0n) is 12.7. The average molecular weight is 422 g/mol. The van der Waals surface area contributed by atoms with Crippen LogP contribution in [0.1, 0.15) is 25.3 Å². The number of nitrogens with zero attached hydrogens (tertiary/aromatic N) is 1. The first-order valence-corrected chi connectivity index (χ1v) is 8.55. The first kappa shape index (κ1) is 18.5. The molecular weight excluding hydrogens is 400 g/mol. The summed E-state index contributed by atoms with van der Waals surface area (Å²) in [6.07, 6.45) is 1.20. The van der Waals surface area contributed by atoms with Crippen LogP contribution in [0.3, 0.4) is 0 Å². The van der Waals surface area contributed by atoms with E-state index in [4.69, 9.17) is 4.74 Å². The van der Waals surface area contributed by atoms with Crippen molar-refractivity contribution >= 4 is 37.8 Å². The van der Waals surface area contributed by atoms with Crippen molar-refractivity contribution in [3.05, 3.63) is 26.6 Å². The molecule has 0 spiro atoms. The Kier molecular flexibility index (Phi) is 8.29. The molecule has 0 aliphatic heterocycles. The van der Waals surface area contributed by atoms with Crippen molar-refractivity contribution in [1.82, 2.24) is 10.2 Å². The van der Waals surface area contributed by atoms with E-state index < -0.39 is 0 Å². The van der Waals surface area contributed by atoms with E-state index in [1.165, 1.54) is 5.56 Å². The summed E-state index contributed by atoms with van der Waals surface area (Å²) in [6, 6.07) is 4.10. The molecule has 4 nitrogen and oxygen atoms in total. The van der Waals surface area contributed by atoms with Crippen LogP contribution in [0.25, 0.3) is 0 Å². The van der Waals surface area contributed by atoms with E-state index in [2.05, 4.69) is 44.1 Å². The zero-order valence-corrected chi connectivity index (χ0v) is 15.9. The van der Waals surface area contributed by atoms with E-state index in [0.717, 1.165) is 27.8 Å². The van der Waals surface area contributed by atoms with E-state index >= 15 is 0 Å². The summed E-state index contributed by atoms with van der Waals surface area (Å²) in [5.41, 5.74) is 1.19. The molecule has 1 aromatic rings. The molecule has 0 aromatic heterocycles. The minimum absolute atomic E-state index is 0.123. The monoisotopic (exact) mass is 420 g/mol. The number of hydrogen-bond acceptors (Lipinski definition) is 3. The van der Waals surface area contributed by atoms with Crippen molar-refractivity contribution in [1.29, 1.82) is 0 Å². The Bertz CT molecular complexity index is 456. The smallest absolute Gasteiger partial charge is 0.222 e. The molecule has 0 saturated heterocycles. The SMILES string of the molecule is CCNCc1cc(Br)c(OCCCC(=O)N(C)C)c(Br)c1. The van der Waals surface area contributed by atoms with Gasteiger partial charge in [-0.25, -0.2) is 0 Å². The van der Waals surface area contributed by atoms with Crippen molar-refractivity contribution in [2.24, 2.45) is 0 Å². The predicted octanol–water partition coefficient (Wildman–Crippen LogP) is 3.57. The van der Waals surface area contributed by atoms with Crippen LogP contribution in [0.5, 0.6) is 5.75 Å². The van der Waals surface area contributed by atoms with E-state index in [0.29, 0.717) is 19.4 Å². The van der Waals surface area contributed by atoms with Gasteiger partial charge in [0, 0.05) is 27.1 Å². The van der Waals surface area contributed by atoms with Gasteiger partial charge in [0.25, 0.3) is 0 Å². The Morgan fingerprint density at radius 3 is 2.43 bits per heavy atom. The number of nitrogens with one attached hydrogen (secondary N) is 1. The van der Waals surface area contributed by atoms with Gasteiger partial charge in [-0.1, -0.05) is 6.92 Å². The number of amides is 1. The molecule has 118 valence electrons. The third-order valence-electron chi connectivity index (χ3n) is 2.92. The van der Waals surface area contributed by atoms with E-state index in [-0.39, 0.29) is 5.91 Å². The molecule has 0 aliphatic rings. The van der Waals surface area contributed by atoms with Crippen LogP contribution in [0.15, 0.2) is 21.1 Å². The fourth-order valence-corrected chi connectivity index (χ4v) is 3.25. The lowest BCUT2D eigenvalue weighted by molar-refractivity contribution is -0.128. The highest BCUT2D eigenvalue weighted by atomic mass is 79.9. The Hall–Kier alpha value is -0.590. The van der Waals surface area contributed by atoms with Gasteiger partial charge in [0.1, 0.15) is 5.75 Å².